The maximum Gasteiger partial charge on any atom is 0.322 e. The standard InChI is InChI=1S/C23H27N3O2/c1-16-10-12-18(13-11-16)25-23(28)26-20-8-5-9-21(26)15-19(14-20)24-22(27)17-6-3-2-4-7-17/h2-4,6-7,10-13,19-21H,5,8-9,14-15H2,1H3,(H,24,27)(H,25,28)/t19?,20-,21+. The lowest BCUT2D eigenvalue weighted by molar-refractivity contribution is 0.0577. The number of amides is 3. The molecule has 5 nitrogen and oxygen atoms in total. The second kappa shape index (κ2) is 8.05. The van der Waals surface area contributed by atoms with Gasteiger partial charge in [0.1, 0.15) is 0 Å². The zero-order chi connectivity index (χ0) is 19.5. The number of nitrogens with one attached hydrogen (secondary N) is 2. The Morgan fingerprint density at radius 3 is 2.21 bits per heavy atom. The van der Waals surface area contributed by atoms with Crippen molar-refractivity contribution in [2.45, 2.75) is 57.2 Å². The maximum atomic E-state index is 12.9. The molecule has 0 saturated carbocycles. The third kappa shape index (κ3) is 4.03. The van der Waals surface area contributed by atoms with E-state index >= 15 is 0 Å². The molecule has 2 saturated heterocycles. The molecule has 0 aromatic heterocycles. The fourth-order valence-electron chi connectivity index (χ4n) is 4.51. The van der Waals surface area contributed by atoms with E-state index in [9.17, 15) is 9.59 Å². The molecule has 0 radical (unpaired) electrons. The number of urea groups is 1. The van der Waals surface area contributed by atoms with Crippen molar-refractivity contribution in [1.29, 1.82) is 0 Å². The summed E-state index contributed by atoms with van der Waals surface area (Å²) >= 11 is 0. The largest absolute Gasteiger partial charge is 0.349 e. The molecular weight excluding hydrogens is 350 g/mol. The molecule has 5 heteroatoms. The Morgan fingerprint density at radius 2 is 1.57 bits per heavy atom. The zero-order valence-electron chi connectivity index (χ0n) is 16.2. The van der Waals surface area contributed by atoms with Crippen molar-refractivity contribution in [1.82, 2.24) is 10.2 Å². The van der Waals surface area contributed by atoms with E-state index < -0.39 is 0 Å². The number of nitrogens with zero attached hydrogens (tertiary/aromatic N) is 1. The Hall–Kier alpha value is -2.82. The predicted molar refractivity (Wildman–Crippen MR) is 110 cm³/mol. The van der Waals surface area contributed by atoms with Crippen molar-refractivity contribution >= 4 is 17.6 Å². The number of rotatable bonds is 3. The Kier molecular flexibility index (Phi) is 5.33. The monoisotopic (exact) mass is 377 g/mol. The van der Waals surface area contributed by atoms with Crippen LogP contribution in [0.5, 0.6) is 0 Å². The van der Waals surface area contributed by atoms with E-state index in [4.69, 9.17) is 0 Å². The quantitative estimate of drug-likeness (QED) is 0.836. The van der Waals surface area contributed by atoms with Gasteiger partial charge in [0.2, 0.25) is 0 Å². The molecule has 2 heterocycles. The second-order valence-electron chi connectivity index (χ2n) is 7.95. The lowest BCUT2D eigenvalue weighted by atomic mass is 9.82. The van der Waals surface area contributed by atoms with Gasteiger partial charge in [0.25, 0.3) is 5.91 Å². The Balaban J connectivity index is 1.41. The summed E-state index contributed by atoms with van der Waals surface area (Å²) in [5.74, 6) is -0.0266. The molecular formula is C23H27N3O2. The van der Waals surface area contributed by atoms with Gasteiger partial charge in [-0.1, -0.05) is 35.9 Å². The third-order valence-corrected chi connectivity index (χ3v) is 5.88. The highest BCUT2D eigenvalue weighted by atomic mass is 16.2. The van der Waals surface area contributed by atoms with Crippen LogP contribution in [-0.2, 0) is 0 Å². The Labute approximate surface area is 166 Å². The number of carbonyl (C=O) groups is 2. The van der Waals surface area contributed by atoms with Crippen molar-refractivity contribution < 1.29 is 9.59 Å². The minimum absolute atomic E-state index is 0.0219. The van der Waals surface area contributed by atoms with E-state index in [1.54, 1.807) is 0 Å². The van der Waals surface area contributed by atoms with Crippen LogP contribution in [0.15, 0.2) is 54.6 Å². The maximum absolute atomic E-state index is 12.9. The predicted octanol–water partition coefficient (Wildman–Crippen LogP) is 4.34. The first-order valence-electron chi connectivity index (χ1n) is 10.1. The first-order valence-corrected chi connectivity index (χ1v) is 10.1. The minimum Gasteiger partial charge on any atom is -0.349 e. The van der Waals surface area contributed by atoms with Gasteiger partial charge >= 0.3 is 6.03 Å². The normalized spacial score (nSPS) is 23.8. The van der Waals surface area contributed by atoms with E-state index in [1.165, 1.54) is 5.56 Å². The number of carbonyl (C=O) groups excluding carboxylic acids is 2. The molecule has 4 rings (SSSR count). The van der Waals surface area contributed by atoms with Crippen LogP contribution >= 0.6 is 0 Å². The van der Waals surface area contributed by atoms with Crippen LogP contribution < -0.4 is 10.6 Å². The molecule has 0 aliphatic carbocycles. The molecule has 2 N–H and O–H groups in total. The van der Waals surface area contributed by atoms with Crippen molar-refractivity contribution in [2.24, 2.45) is 0 Å². The number of benzene rings is 2. The topological polar surface area (TPSA) is 61.4 Å². The van der Waals surface area contributed by atoms with Crippen molar-refractivity contribution in [3.05, 3.63) is 65.7 Å². The molecule has 2 aromatic carbocycles. The summed E-state index contributed by atoms with van der Waals surface area (Å²) in [6.45, 7) is 2.03. The zero-order valence-corrected chi connectivity index (χ0v) is 16.2. The molecule has 2 aliphatic heterocycles. The average molecular weight is 377 g/mol. The van der Waals surface area contributed by atoms with Gasteiger partial charge in [-0.3, -0.25) is 4.79 Å². The van der Waals surface area contributed by atoms with Gasteiger partial charge in [0.05, 0.1) is 0 Å². The summed E-state index contributed by atoms with van der Waals surface area (Å²) < 4.78 is 0. The first kappa shape index (κ1) is 18.5. The van der Waals surface area contributed by atoms with Gasteiger partial charge in [-0.05, 0) is 63.3 Å². The van der Waals surface area contributed by atoms with E-state index in [2.05, 4.69) is 10.6 Å². The summed E-state index contributed by atoms with van der Waals surface area (Å²) in [4.78, 5) is 27.5. The van der Waals surface area contributed by atoms with Gasteiger partial charge in [-0.25, -0.2) is 4.79 Å². The summed E-state index contributed by atoms with van der Waals surface area (Å²) in [5.41, 5.74) is 2.69. The Morgan fingerprint density at radius 1 is 0.929 bits per heavy atom. The fraction of sp³-hybridized carbons (Fsp3) is 0.391. The third-order valence-electron chi connectivity index (χ3n) is 5.88. The number of aryl methyl sites for hydroxylation is 1. The van der Waals surface area contributed by atoms with Crippen LogP contribution in [0.3, 0.4) is 0 Å². The molecule has 3 atom stereocenters. The van der Waals surface area contributed by atoms with E-state index in [0.717, 1.165) is 37.8 Å². The molecule has 3 amide bonds. The van der Waals surface area contributed by atoms with Crippen LogP contribution in [0, 0.1) is 6.92 Å². The van der Waals surface area contributed by atoms with Crippen molar-refractivity contribution in [3.63, 3.8) is 0 Å². The van der Waals surface area contributed by atoms with E-state index in [0.29, 0.717) is 5.56 Å². The van der Waals surface area contributed by atoms with Crippen LogP contribution in [0.2, 0.25) is 0 Å². The fourth-order valence-corrected chi connectivity index (χ4v) is 4.51. The SMILES string of the molecule is Cc1ccc(NC(=O)N2[C@@H]3CCC[C@H]2CC(NC(=O)c2ccccc2)C3)cc1. The van der Waals surface area contributed by atoms with Gasteiger partial charge < -0.3 is 15.5 Å². The number of hydrogen-bond donors (Lipinski definition) is 2. The lowest BCUT2D eigenvalue weighted by Crippen LogP contribution is -2.59. The molecule has 28 heavy (non-hydrogen) atoms. The van der Waals surface area contributed by atoms with Gasteiger partial charge in [-0.2, -0.15) is 0 Å². The summed E-state index contributed by atoms with van der Waals surface area (Å²) in [6, 6.07) is 17.7. The average Bonchev–Trinajstić information content (AvgIpc) is 2.69. The number of fused-ring (bicyclic) bond motifs is 2. The highest BCUT2D eigenvalue weighted by Gasteiger charge is 2.41. The van der Waals surface area contributed by atoms with E-state index in [1.807, 2.05) is 66.4 Å². The molecule has 2 aliphatic rings. The van der Waals surface area contributed by atoms with Crippen LogP contribution in [0.25, 0.3) is 0 Å². The molecule has 0 spiro atoms. The lowest BCUT2D eigenvalue weighted by Gasteiger charge is -2.48. The van der Waals surface area contributed by atoms with Crippen LogP contribution in [0.4, 0.5) is 10.5 Å². The molecule has 2 bridgehead atoms. The number of piperidine rings is 2. The van der Waals surface area contributed by atoms with E-state index in [-0.39, 0.29) is 30.1 Å². The second-order valence-corrected chi connectivity index (χ2v) is 7.95. The summed E-state index contributed by atoms with van der Waals surface area (Å²) in [5, 5.41) is 6.23. The smallest absolute Gasteiger partial charge is 0.322 e. The minimum atomic E-state index is -0.0266. The van der Waals surface area contributed by atoms with Crippen LogP contribution in [-0.4, -0.2) is 35.0 Å². The molecule has 2 fully saturated rings. The van der Waals surface area contributed by atoms with Gasteiger partial charge in [0.15, 0.2) is 0 Å². The summed E-state index contributed by atoms with van der Waals surface area (Å²) in [7, 11) is 0. The first-order chi connectivity index (χ1) is 13.6. The highest BCUT2D eigenvalue weighted by Crippen LogP contribution is 2.34. The van der Waals surface area contributed by atoms with Crippen molar-refractivity contribution in [2.75, 3.05) is 5.32 Å². The van der Waals surface area contributed by atoms with Gasteiger partial charge in [-0.15, -0.1) is 0 Å². The number of hydrogen-bond acceptors (Lipinski definition) is 2. The number of anilines is 1. The van der Waals surface area contributed by atoms with Gasteiger partial charge in [0, 0.05) is 29.4 Å². The Bertz CT molecular complexity index is 821. The molecule has 2 aromatic rings. The highest BCUT2D eigenvalue weighted by molar-refractivity contribution is 5.94. The molecule has 1 unspecified atom stereocenters. The summed E-state index contributed by atoms with van der Waals surface area (Å²) in [6.07, 6.45) is 4.76. The molecule has 146 valence electrons. The van der Waals surface area contributed by atoms with Crippen molar-refractivity contribution in [3.8, 4) is 0 Å². The van der Waals surface area contributed by atoms with Crippen LogP contribution in [0.1, 0.15) is 48.0 Å².